The molecule has 0 aliphatic heterocycles. The van der Waals surface area contributed by atoms with Crippen LogP contribution in [0.25, 0.3) is 0 Å². The highest BCUT2D eigenvalue weighted by Crippen LogP contribution is 2.21. The predicted molar refractivity (Wildman–Crippen MR) is 62.1 cm³/mol. The van der Waals surface area contributed by atoms with Gasteiger partial charge >= 0.3 is 0 Å². The number of aromatic nitrogens is 2. The second-order valence-corrected chi connectivity index (χ2v) is 4.70. The van der Waals surface area contributed by atoms with Gasteiger partial charge in [0, 0.05) is 23.8 Å². The number of hydrogen-bond donors (Lipinski definition) is 2. The van der Waals surface area contributed by atoms with Gasteiger partial charge < -0.3 is 5.32 Å². The molecule has 0 radical (unpaired) electrons. The smallest absolute Gasteiger partial charge is 0.115 e. The summed E-state index contributed by atoms with van der Waals surface area (Å²) in [7, 11) is 0. The normalized spacial score (nSPS) is 25.9. The lowest BCUT2D eigenvalue weighted by molar-refractivity contribution is 0.188. The monoisotopic (exact) mass is 225 g/mol. The van der Waals surface area contributed by atoms with Gasteiger partial charge in [0.15, 0.2) is 0 Å². The van der Waals surface area contributed by atoms with E-state index in [2.05, 4.69) is 15.5 Å². The van der Waals surface area contributed by atoms with Crippen LogP contribution in [-0.4, -0.2) is 22.4 Å². The van der Waals surface area contributed by atoms with Crippen molar-refractivity contribution >= 4 is 0 Å². The molecular formula is C12H20FN3. The highest BCUT2D eigenvalue weighted by Gasteiger charge is 2.24. The standard InChI is InChI=1S/C12H20FN3/c1-8-10(9(2)16-15-8)7-14-12-6-4-3-5-11(12)13/h11-12,14H,3-7H2,1-2H3,(H,15,16)/t11-,12-/m0/s1. The first-order valence-electron chi connectivity index (χ1n) is 6.06. The largest absolute Gasteiger partial charge is 0.307 e. The Labute approximate surface area is 95.8 Å². The van der Waals surface area contributed by atoms with Crippen LogP contribution in [0.5, 0.6) is 0 Å². The molecule has 1 aliphatic carbocycles. The van der Waals surface area contributed by atoms with Crippen LogP contribution in [0, 0.1) is 13.8 Å². The summed E-state index contributed by atoms with van der Waals surface area (Å²) >= 11 is 0. The lowest BCUT2D eigenvalue weighted by Gasteiger charge is -2.26. The van der Waals surface area contributed by atoms with Crippen molar-refractivity contribution in [2.45, 2.75) is 58.3 Å². The Morgan fingerprint density at radius 3 is 2.75 bits per heavy atom. The van der Waals surface area contributed by atoms with Crippen LogP contribution < -0.4 is 5.32 Å². The van der Waals surface area contributed by atoms with Gasteiger partial charge in [-0.25, -0.2) is 4.39 Å². The molecule has 1 aliphatic rings. The van der Waals surface area contributed by atoms with Crippen molar-refractivity contribution in [3.63, 3.8) is 0 Å². The molecule has 0 unspecified atom stereocenters. The quantitative estimate of drug-likeness (QED) is 0.829. The van der Waals surface area contributed by atoms with Crippen molar-refractivity contribution < 1.29 is 4.39 Å². The predicted octanol–water partition coefficient (Wildman–Crippen LogP) is 2.40. The van der Waals surface area contributed by atoms with E-state index in [1.807, 2.05) is 13.8 Å². The first-order chi connectivity index (χ1) is 7.68. The fourth-order valence-corrected chi connectivity index (χ4v) is 2.38. The van der Waals surface area contributed by atoms with Crippen LogP contribution in [0.4, 0.5) is 4.39 Å². The fourth-order valence-electron chi connectivity index (χ4n) is 2.38. The van der Waals surface area contributed by atoms with E-state index in [1.54, 1.807) is 0 Å². The Bertz CT molecular complexity index is 329. The van der Waals surface area contributed by atoms with Crippen LogP contribution in [-0.2, 0) is 6.54 Å². The van der Waals surface area contributed by atoms with Crippen LogP contribution in [0.15, 0.2) is 0 Å². The molecule has 0 saturated heterocycles. The Morgan fingerprint density at radius 2 is 2.12 bits per heavy atom. The maximum absolute atomic E-state index is 13.6. The summed E-state index contributed by atoms with van der Waals surface area (Å²) < 4.78 is 13.6. The average Bonchev–Trinajstić information content (AvgIpc) is 2.58. The zero-order valence-corrected chi connectivity index (χ0v) is 10.0. The summed E-state index contributed by atoms with van der Waals surface area (Å²) in [5.74, 6) is 0. The molecule has 0 bridgehead atoms. The third-order valence-corrected chi connectivity index (χ3v) is 3.50. The number of rotatable bonds is 3. The van der Waals surface area contributed by atoms with Gasteiger partial charge in [-0.3, -0.25) is 5.10 Å². The maximum Gasteiger partial charge on any atom is 0.115 e. The van der Waals surface area contributed by atoms with E-state index in [4.69, 9.17) is 0 Å². The molecule has 0 spiro atoms. The molecule has 2 atom stereocenters. The van der Waals surface area contributed by atoms with Crippen LogP contribution in [0.1, 0.15) is 42.6 Å². The van der Waals surface area contributed by atoms with Gasteiger partial charge in [-0.1, -0.05) is 12.8 Å². The Kier molecular flexibility index (Phi) is 3.59. The lowest BCUT2D eigenvalue weighted by Crippen LogP contribution is -2.39. The van der Waals surface area contributed by atoms with Gasteiger partial charge in [0.25, 0.3) is 0 Å². The molecule has 1 aromatic rings. The summed E-state index contributed by atoms with van der Waals surface area (Å²) in [6, 6.07) is 0.0300. The molecule has 90 valence electrons. The third-order valence-electron chi connectivity index (χ3n) is 3.50. The minimum Gasteiger partial charge on any atom is -0.307 e. The minimum atomic E-state index is -0.679. The molecule has 1 saturated carbocycles. The van der Waals surface area contributed by atoms with Gasteiger partial charge in [-0.15, -0.1) is 0 Å². The number of hydrogen-bond acceptors (Lipinski definition) is 2. The third kappa shape index (κ3) is 2.43. The van der Waals surface area contributed by atoms with Crippen molar-refractivity contribution in [3.05, 3.63) is 17.0 Å². The minimum absolute atomic E-state index is 0.0300. The molecule has 0 amide bonds. The number of nitrogens with zero attached hydrogens (tertiary/aromatic N) is 1. The van der Waals surface area contributed by atoms with Crippen molar-refractivity contribution in [1.82, 2.24) is 15.5 Å². The molecule has 1 fully saturated rings. The molecule has 2 rings (SSSR count). The van der Waals surface area contributed by atoms with Gasteiger partial charge in [0.2, 0.25) is 0 Å². The number of aromatic amines is 1. The molecule has 2 N–H and O–H groups in total. The summed E-state index contributed by atoms with van der Waals surface area (Å²) in [6.07, 6.45) is 3.16. The zero-order valence-electron chi connectivity index (χ0n) is 10.0. The van der Waals surface area contributed by atoms with Crippen LogP contribution in [0.2, 0.25) is 0 Å². The van der Waals surface area contributed by atoms with E-state index < -0.39 is 6.17 Å². The van der Waals surface area contributed by atoms with E-state index in [9.17, 15) is 4.39 Å². The molecule has 3 nitrogen and oxygen atoms in total. The summed E-state index contributed by atoms with van der Waals surface area (Å²) in [4.78, 5) is 0. The fraction of sp³-hybridized carbons (Fsp3) is 0.750. The second-order valence-electron chi connectivity index (χ2n) is 4.70. The van der Waals surface area contributed by atoms with Gasteiger partial charge in [-0.2, -0.15) is 5.10 Å². The van der Waals surface area contributed by atoms with Crippen molar-refractivity contribution in [3.8, 4) is 0 Å². The topological polar surface area (TPSA) is 40.7 Å². The molecular weight excluding hydrogens is 205 g/mol. The van der Waals surface area contributed by atoms with E-state index >= 15 is 0 Å². The molecule has 0 aromatic carbocycles. The van der Waals surface area contributed by atoms with Crippen LogP contribution >= 0.6 is 0 Å². The SMILES string of the molecule is Cc1n[nH]c(C)c1CN[C@H]1CCCC[C@@H]1F. The van der Waals surface area contributed by atoms with E-state index in [0.29, 0.717) is 6.42 Å². The van der Waals surface area contributed by atoms with Crippen LogP contribution in [0.3, 0.4) is 0 Å². The van der Waals surface area contributed by atoms with Crippen molar-refractivity contribution in [2.75, 3.05) is 0 Å². The highest BCUT2D eigenvalue weighted by molar-refractivity contribution is 5.22. The second kappa shape index (κ2) is 4.95. The molecule has 16 heavy (non-hydrogen) atoms. The average molecular weight is 225 g/mol. The summed E-state index contributed by atoms with van der Waals surface area (Å²) in [5.41, 5.74) is 3.27. The molecule has 1 aromatic heterocycles. The lowest BCUT2D eigenvalue weighted by atomic mass is 9.93. The highest BCUT2D eigenvalue weighted by atomic mass is 19.1. The van der Waals surface area contributed by atoms with E-state index in [0.717, 1.165) is 37.2 Å². The number of aryl methyl sites for hydroxylation is 2. The first kappa shape index (κ1) is 11.6. The van der Waals surface area contributed by atoms with E-state index in [1.165, 1.54) is 5.56 Å². The summed E-state index contributed by atoms with van der Waals surface area (Å²) in [6.45, 7) is 4.71. The van der Waals surface area contributed by atoms with E-state index in [-0.39, 0.29) is 6.04 Å². The van der Waals surface area contributed by atoms with Gasteiger partial charge in [0.05, 0.1) is 5.69 Å². The Balaban J connectivity index is 1.91. The van der Waals surface area contributed by atoms with Gasteiger partial charge in [0.1, 0.15) is 6.17 Å². The molecule has 4 heteroatoms. The maximum atomic E-state index is 13.6. The number of H-pyrrole nitrogens is 1. The number of alkyl halides is 1. The van der Waals surface area contributed by atoms with Gasteiger partial charge in [-0.05, 0) is 26.7 Å². The van der Waals surface area contributed by atoms with Crippen molar-refractivity contribution in [2.24, 2.45) is 0 Å². The zero-order chi connectivity index (χ0) is 11.5. The van der Waals surface area contributed by atoms with Crippen molar-refractivity contribution in [1.29, 1.82) is 0 Å². The first-order valence-corrected chi connectivity index (χ1v) is 6.06. The summed E-state index contributed by atoms with van der Waals surface area (Å²) in [5, 5.41) is 10.4. The Hall–Kier alpha value is -0.900. The number of halogens is 1. The number of nitrogens with one attached hydrogen (secondary N) is 2. The molecule has 1 heterocycles. The Morgan fingerprint density at radius 1 is 1.38 bits per heavy atom.